The molecule has 1 N–H and O–H groups in total. The fourth-order valence-corrected chi connectivity index (χ4v) is 3.51. The number of hydrogen-bond donors (Lipinski definition) is 1. The third-order valence-electron chi connectivity index (χ3n) is 4.11. The molecule has 0 spiro atoms. The number of amides is 1. The fourth-order valence-electron chi connectivity index (χ4n) is 2.89. The van der Waals surface area contributed by atoms with Crippen LogP contribution in [0.1, 0.15) is 36.0 Å². The van der Waals surface area contributed by atoms with E-state index >= 15 is 0 Å². The van der Waals surface area contributed by atoms with Gasteiger partial charge in [0.25, 0.3) is 5.91 Å². The molecule has 22 heavy (non-hydrogen) atoms. The van der Waals surface area contributed by atoms with Gasteiger partial charge >= 0.3 is 0 Å². The van der Waals surface area contributed by atoms with E-state index in [4.69, 9.17) is 5.26 Å². The second kappa shape index (κ2) is 8.21. The van der Waals surface area contributed by atoms with Crippen molar-refractivity contribution in [2.75, 3.05) is 19.3 Å². The first-order valence-corrected chi connectivity index (χ1v) is 8.63. The van der Waals surface area contributed by atoms with E-state index in [1.807, 2.05) is 18.2 Å². The van der Waals surface area contributed by atoms with Gasteiger partial charge in [-0.25, -0.2) is 0 Å². The van der Waals surface area contributed by atoms with Crippen LogP contribution in [0.3, 0.4) is 0 Å². The molecule has 1 aromatic carbocycles. The van der Waals surface area contributed by atoms with Crippen molar-refractivity contribution in [1.29, 1.82) is 5.26 Å². The second-order valence-corrected chi connectivity index (χ2v) is 6.82. The van der Waals surface area contributed by atoms with Gasteiger partial charge in [-0.2, -0.15) is 5.26 Å². The Kier molecular flexibility index (Phi) is 6.29. The van der Waals surface area contributed by atoms with Gasteiger partial charge in [-0.15, -0.1) is 11.8 Å². The third-order valence-corrected chi connectivity index (χ3v) is 4.97. The summed E-state index contributed by atoms with van der Waals surface area (Å²) in [7, 11) is 1.79. The lowest BCUT2D eigenvalue weighted by Gasteiger charge is -2.31. The van der Waals surface area contributed by atoms with Gasteiger partial charge in [-0.1, -0.05) is 18.9 Å². The summed E-state index contributed by atoms with van der Waals surface area (Å²) >= 11 is 1.43. The van der Waals surface area contributed by atoms with E-state index in [9.17, 15) is 9.90 Å². The minimum Gasteiger partial charge on any atom is -0.393 e. The molecular weight excluding hydrogens is 296 g/mol. The number of nitrogens with zero attached hydrogens (tertiary/aromatic N) is 2. The molecule has 2 rings (SSSR count). The van der Waals surface area contributed by atoms with Gasteiger partial charge in [0.1, 0.15) is 0 Å². The van der Waals surface area contributed by atoms with Gasteiger partial charge in [-0.3, -0.25) is 4.79 Å². The normalized spacial score (nSPS) is 21.1. The Labute approximate surface area is 136 Å². The summed E-state index contributed by atoms with van der Waals surface area (Å²) < 4.78 is 0. The summed E-state index contributed by atoms with van der Waals surface area (Å²) in [5.41, 5.74) is 0.635. The maximum atomic E-state index is 12.5. The maximum absolute atomic E-state index is 12.5. The lowest BCUT2D eigenvalue weighted by atomic mass is 9.86. The Morgan fingerprint density at radius 3 is 2.95 bits per heavy atom. The molecule has 0 aromatic heterocycles. The zero-order valence-electron chi connectivity index (χ0n) is 12.9. The smallest absolute Gasteiger partial charge is 0.253 e. The van der Waals surface area contributed by atoms with Crippen molar-refractivity contribution in [1.82, 2.24) is 4.90 Å². The average Bonchev–Trinajstić information content (AvgIpc) is 2.54. The zero-order valence-corrected chi connectivity index (χ0v) is 13.7. The molecule has 118 valence electrons. The number of hydrogen-bond acceptors (Lipinski definition) is 4. The molecule has 2 atom stereocenters. The molecule has 1 amide bonds. The average molecular weight is 318 g/mol. The summed E-state index contributed by atoms with van der Waals surface area (Å²) in [4.78, 5) is 15.2. The van der Waals surface area contributed by atoms with Crippen LogP contribution in [-0.2, 0) is 0 Å². The Morgan fingerprint density at radius 2 is 2.23 bits per heavy atom. The highest BCUT2D eigenvalue weighted by Crippen LogP contribution is 2.25. The number of thioether (sulfide) groups is 1. The number of aliphatic hydroxyl groups excluding tert-OH is 1. The Bertz CT molecular complexity index is 556. The van der Waals surface area contributed by atoms with Gasteiger partial charge in [0.05, 0.1) is 17.9 Å². The molecule has 4 nitrogen and oxygen atoms in total. The number of carbonyl (C=O) groups is 1. The predicted molar refractivity (Wildman–Crippen MR) is 87.7 cm³/mol. The van der Waals surface area contributed by atoms with Crippen LogP contribution in [-0.4, -0.2) is 41.4 Å². The molecule has 5 heteroatoms. The third kappa shape index (κ3) is 4.49. The Morgan fingerprint density at radius 1 is 1.45 bits per heavy atom. The Balaban J connectivity index is 1.99. The molecule has 1 aliphatic rings. The van der Waals surface area contributed by atoms with Crippen LogP contribution in [0.4, 0.5) is 0 Å². The summed E-state index contributed by atoms with van der Waals surface area (Å²) in [5, 5.41) is 18.7. The van der Waals surface area contributed by atoms with E-state index in [2.05, 4.69) is 6.07 Å². The highest BCUT2D eigenvalue weighted by molar-refractivity contribution is 7.99. The van der Waals surface area contributed by atoms with Crippen LogP contribution in [0, 0.1) is 17.2 Å². The monoisotopic (exact) mass is 318 g/mol. The van der Waals surface area contributed by atoms with Gasteiger partial charge in [0.2, 0.25) is 0 Å². The topological polar surface area (TPSA) is 64.3 Å². The van der Waals surface area contributed by atoms with Crippen LogP contribution in [0.5, 0.6) is 0 Å². The van der Waals surface area contributed by atoms with Gasteiger partial charge in [0.15, 0.2) is 0 Å². The van der Waals surface area contributed by atoms with Crippen LogP contribution in [0.15, 0.2) is 29.2 Å². The molecular formula is C17H22N2O2S. The van der Waals surface area contributed by atoms with Crippen molar-refractivity contribution in [2.45, 2.75) is 36.7 Å². The van der Waals surface area contributed by atoms with Crippen molar-refractivity contribution in [3.8, 4) is 6.07 Å². The van der Waals surface area contributed by atoms with Crippen molar-refractivity contribution in [3.05, 3.63) is 29.8 Å². The van der Waals surface area contributed by atoms with Crippen LogP contribution >= 0.6 is 11.8 Å². The van der Waals surface area contributed by atoms with E-state index in [0.717, 1.165) is 30.6 Å². The molecule has 0 aliphatic heterocycles. The van der Waals surface area contributed by atoms with Gasteiger partial charge in [0, 0.05) is 30.0 Å². The van der Waals surface area contributed by atoms with E-state index in [-0.39, 0.29) is 17.9 Å². The van der Waals surface area contributed by atoms with Gasteiger partial charge in [-0.05, 0) is 31.0 Å². The minimum absolute atomic E-state index is 0.0304. The maximum Gasteiger partial charge on any atom is 0.253 e. The number of aliphatic hydroxyl groups is 1. The fraction of sp³-hybridized carbons (Fsp3) is 0.529. The van der Waals surface area contributed by atoms with Crippen LogP contribution in [0.25, 0.3) is 0 Å². The highest BCUT2D eigenvalue weighted by Gasteiger charge is 2.26. The summed E-state index contributed by atoms with van der Waals surface area (Å²) in [6.45, 7) is 0.593. The molecule has 1 saturated carbocycles. The summed E-state index contributed by atoms with van der Waals surface area (Å²) in [6, 6.07) is 9.47. The SMILES string of the molecule is CN(CC1CCCCC1O)C(=O)c1cccc(SCC#N)c1. The molecule has 2 unspecified atom stereocenters. The van der Waals surface area contributed by atoms with Crippen molar-refractivity contribution in [2.24, 2.45) is 5.92 Å². The quantitative estimate of drug-likeness (QED) is 0.848. The molecule has 0 saturated heterocycles. The number of carbonyl (C=O) groups excluding carboxylic acids is 1. The minimum atomic E-state index is -0.290. The molecule has 0 bridgehead atoms. The van der Waals surface area contributed by atoms with E-state index < -0.39 is 0 Å². The molecule has 0 heterocycles. The van der Waals surface area contributed by atoms with Crippen molar-refractivity contribution in [3.63, 3.8) is 0 Å². The lowest BCUT2D eigenvalue weighted by Crippen LogP contribution is -2.38. The van der Waals surface area contributed by atoms with Crippen molar-refractivity contribution < 1.29 is 9.90 Å². The molecule has 1 aromatic rings. The highest BCUT2D eigenvalue weighted by atomic mass is 32.2. The lowest BCUT2D eigenvalue weighted by molar-refractivity contribution is 0.0451. The Hall–Kier alpha value is -1.51. The van der Waals surface area contributed by atoms with Crippen LogP contribution in [0.2, 0.25) is 0 Å². The van der Waals surface area contributed by atoms with Crippen LogP contribution < -0.4 is 0 Å². The predicted octanol–water partition coefficient (Wildman–Crippen LogP) is 2.93. The second-order valence-electron chi connectivity index (χ2n) is 5.77. The first-order valence-electron chi connectivity index (χ1n) is 7.65. The first kappa shape index (κ1) is 16.9. The van der Waals surface area contributed by atoms with E-state index in [0.29, 0.717) is 17.9 Å². The van der Waals surface area contributed by atoms with E-state index in [1.165, 1.54) is 11.8 Å². The summed E-state index contributed by atoms with van der Waals surface area (Å²) in [6.07, 6.45) is 3.74. The first-order chi connectivity index (χ1) is 10.6. The van der Waals surface area contributed by atoms with Crippen molar-refractivity contribution >= 4 is 17.7 Å². The number of benzene rings is 1. The molecule has 0 radical (unpaired) electrons. The number of rotatable bonds is 5. The zero-order chi connectivity index (χ0) is 15.9. The number of nitriles is 1. The molecule has 1 aliphatic carbocycles. The van der Waals surface area contributed by atoms with Gasteiger partial charge < -0.3 is 10.0 Å². The largest absolute Gasteiger partial charge is 0.393 e. The summed E-state index contributed by atoms with van der Waals surface area (Å²) in [5.74, 6) is 0.526. The molecule has 1 fully saturated rings. The van der Waals surface area contributed by atoms with E-state index in [1.54, 1.807) is 18.0 Å². The standard InChI is InChI=1S/C17H22N2O2S/c1-19(12-14-5-2-3-8-16(14)20)17(21)13-6-4-7-15(11-13)22-10-9-18/h4,6-7,11,14,16,20H,2-3,5,8,10,12H2,1H3.